The zero-order valence-corrected chi connectivity index (χ0v) is 32.1. The van der Waals surface area contributed by atoms with Crippen LogP contribution in [0.15, 0.2) is 97.5 Å². The van der Waals surface area contributed by atoms with Gasteiger partial charge in [0.25, 0.3) is 0 Å². The fourth-order valence-electron chi connectivity index (χ4n) is 6.29. The average molecular weight is 738 g/mol. The summed E-state index contributed by atoms with van der Waals surface area (Å²) in [6, 6.07) is 0.234. The molecule has 2 aromatic heterocycles. The number of carbonyl (C=O) groups is 2. The molecule has 0 amide bonds. The number of esters is 2. The van der Waals surface area contributed by atoms with Gasteiger partial charge in [-0.3, -0.25) is 0 Å². The molecule has 4 heterocycles. The van der Waals surface area contributed by atoms with Gasteiger partial charge in [0, 0.05) is 48.1 Å². The van der Waals surface area contributed by atoms with Gasteiger partial charge in [-0.2, -0.15) is 0 Å². The van der Waals surface area contributed by atoms with E-state index in [2.05, 4.69) is 37.4 Å². The van der Waals surface area contributed by atoms with Crippen molar-refractivity contribution in [3.63, 3.8) is 0 Å². The first-order chi connectivity index (χ1) is 25.8. The van der Waals surface area contributed by atoms with Crippen molar-refractivity contribution in [2.75, 3.05) is 0 Å². The highest BCUT2D eigenvalue weighted by Crippen LogP contribution is 2.41. The standard InChI is InChI=1S/C43H55N5O6/c1-7-15-34(49)42(3,4)36-21-13-18-29-25-28(29)17-9-11-23-38-44-26-33(47-38)41(52)54-37(43(5,6)35(50)16-8-2)22-14-20-31-30(46-31)19-10-12-24-39-45-27-32(48-39)40(51)53-36/h7-20,23-24,26-31,34-37,46,49-50H,21-22,25H2,1-6H3,(H,44,47)(H,45,48)/b15-7+,16-8+,17-9+,18-13-,19-10+,20-14-,23-11-,24-12-/t28-,29?,30-,31+,34-,35-,36-,37-/m0/s1. The van der Waals surface area contributed by atoms with Gasteiger partial charge in [0.2, 0.25) is 0 Å². The van der Waals surface area contributed by atoms with Crippen molar-refractivity contribution in [1.82, 2.24) is 25.3 Å². The van der Waals surface area contributed by atoms with Gasteiger partial charge < -0.3 is 35.0 Å². The van der Waals surface area contributed by atoms with E-state index >= 15 is 0 Å². The molecule has 1 unspecified atom stereocenters. The van der Waals surface area contributed by atoms with Crippen LogP contribution in [0.25, 0.3) is 12.2 Å². The molecule has 0 spiro atoms. The number of nitrogens with one attached hydrogen (secondary N) is 3. The normalized spacial score (nSPS) is 30.5. The summed E-state index contributed by atoms with van der Waals surface area (Å²) in [7, 11) is 0. The number of hydrogen-bond donors (Lipinski definition) is 5. The summed E-state index contributed by atoms with van der Waals surface area (Å²) in [5.74, 6) is 0.631. The summed E-state index contributed by atoms with van der Waals surface area (Å²) in [6.07, 6.45) is 32.5. The van der Waals surface area contributed by atoms with Crippen LogP contribution in [0.2, 0.25) is 0 Å². The molecule has 2 fully saturated rings. The first-order valence-corrected chi connectivity index (χ1v) is 18.8. The lowest BCUT2D eigenvalue weighted by Gasteiger charge is -2.36. The summed E-state index contributed by atoms with van der Waals surface area (Å²) in [6.45, 7) is 11.2. The van der Waals surface area contributed by atoms with Crippen molar-refractivity contribution >= 4 is 24.1 Å². The number of aromatic nitrogens is 4. The number of fused-ring (bicyclic) bond motifs is 6. The van der Waals surface area contributed by atoms with Gasteiger partial charge >= 0.3 is 11.9 Å². The third kappa shape index (κ3) is 10.6. The van der Waals surface area contributed by atoms with Gasteiger partial charge in [-0.25, -0.2) is 19.6 Å². The van der Waals surface area contributed by atoms with Crippen LogP contribution in [0.4, 0.5) is 0 Å². The minimum atomic E-state index is -0.828. The Bertz CT molecular complexity index is 1710. The molecule has 1 aliphatic carbocycles. The molecule has 1 saturated heterocycles. The first-order valence-electron chi connectivity index (χ1n) is 18.8. The molecular formula is C43H55N5O6. The molecular weight excluding hydrogens is 683 g/mol. The maximum Gasteiger partial charge on any atom is 0.358 e. The monoisotopic (exact) mass is 737 g/mol. The highest BCUT2D eigenvalue weighted by molar-refractivity contribution is 5.88. The quantitative estimate of drug-likeness (QED) is 0.121. The Morgan fingerprint density at radius 2 is 1.17 bits per heavy atom. The molecule has 11 heteroatoms. The molecule has 3 aliphatic rings. The lowest BCUT2D eigenvalue weighted by Crippen LogP contribution is -2.42. The highest BCUT2D eigenvalue weighted by atomic mass is 16.6. The van der Waals surface area contributed by atoms with Crippen molar-refractivity contribution in [3.8, 4) is 0 Å². The lowest BCUT2D eigenvalue weighted by atomic mass is 9.79. The number of ether oxygens (including phenoxy) is 2. The third-order valence-electron chi connectivity index (χ3n) is 10.4. The molecule has 5 rings (SSSR count). The Hall–Kier alpha value is -4.84. The van der Waals surface area contributed by atoms with Gasteiger partial charge in [0.15, 0.2) is 11.4 Å². The maximum absolute atomic E-state index is 13.3. The zero-order chi connectivity index (χ0) is 38.9. The number of allylic oxidation sites excluding steroid dienone is 8. The predicted octanol–water partition coefficient (Wildman–Crippen LogP) is 6.83. The number of aromatic amines is 2. The molecule has 8 atom stereocenters. The molecule has 5 N–H and O–H groups in total. The number of cyclic esters (lactones) is 2. The average Bonchev–Trinajstić information content (AvgIpc) is 3.93. The number of imidazole rings is 2. The molecule has 2 aromatic rings. The molecule has 54 heavy (non-hydrogen) atoms. The molecule has 0 radical (unpaired) electrons. The van der Waals surface area contributed by atoms with Crippen LogP contribution in [0.1, 0.15) is 93.4 Å². The number of nitrogens with zero attached hydrogens (tertiary/aromatic N) is 2. The number of aliphatic hydroxyl groups is 2. The van der Waals surface area contributed by atoms with E-state index in [1.54, 1.807) is 36.5 Å². The number of hydrogen-bond acceptors (Lipinski definition) is 9. The molecule has 0 aromatic carbocycles. The van der Waals surface area contributed by atoms with Crippen LogP contribution < -0.4 is 5.32 Å². The second kappa shape index (κ2) is 18.0. The predicted molar refractivity (Wildman–Crippen MR) is 211 cm³/mol. The van der Waals surface area contributed by atoms with Crippen LogP contribution in [0, 0.1) is 22.7 Å². The maximum atomic E-state index is 13.3. The van der Waals surface area contributed by atoms with E-state index < -0.39 is 47.2 Å². The van der Waals surface area contributed by atoms with Gasteiger partial charge in [0.05, 0.1) is 12.2 Å². The fraction of sp³-hybridized carbons (Fsp3) is 0.442. The second-order valence-electron chi connectivity index (χ2n) is 15.3. The summed E-state index contributed by atoms with van der Waals surface area (Å²) >= 11 is 0. The Morgan fingerprint density at radius 3 is 1.69 bits per heavy atom. The largest absolute Gasteiger partial charge is 0.457 e. The summed E-state index contributed by atoms with van der Waals surface area (Å²) in [5, 5.41) is 25.2. The van der Waals surface area contributed by atoms with E-state index in [0.29, 0.717) is 36.3 Å². The second-order valence-corrected chi connectivity index (χ2v) is 15.3. The number of aliphatic hydroxyl groups excluding tert-OH is 2. The van der Waals surface area contributed by atoms with E-state index in [1.165, 1.54) is 12.4 Å². The number of rotatable bonds is 6. The molecule has 4 bridgehead atoms. The molecule has 288 valence electrons. The Labute approximate surface area is 318 Å². The SMILES string of the molecule is C/C=C/[C@H](O)C(C)(C)[C@@H]1C/C=C\C2C[C@@H]2/C=C/C=C\c2nc(c[nH]2)C(=O)O[C@H](C(C)(C)[C@@H](O)/C=C/C)C/C=C\[C@H]2N[C@H]2/C=C/C=C\c2nc(c[nH]2)C(=O)O1. The van der Waals surface area contributed by atoms with Crippen LogP contribution in [-0.4, -0.2) is 78.6 Å². The van der Waals surface area contributed by atoms with Gasteiger partial charge in [-0.1, -0.05) is 113 Å². The van der Waals surface area contributed by atoms with Crippen LogP contribution in [0.3, 0.4) is 0 Å². The number of H-pyrrole nitrogens is 2. The van der Waals surface area contributed by atoms with Crippen molar-refractivity contribution in [1.29, 1.82) is 0 Å². The topological polar surface area (TPSA) is 172 Å². The van der Waals surface area contributed by atoms with Crippen LogP contribution in [-0.2, 0) is 9.47 Å². The van der Waals surface area contributed by atoms with E-state index in [-0.39, 0.29) is 23.5 Å². The molecule has 11 nitrogen and oxygen atoms in total. The van der Waals surface area contributed by atoms with E-state index in [9.17, 15) is 19.8 Å². The van der Waals surface area contributed by atoms with Gasteiger partial charge in [-0.15, -0.1) is 0 Å². The minimum Gasteiger partial charge on any atom is -0.457 e. The van der Waals surface area contributed by atoms with E-state index in [1.807, 2.05) is 90.2 Å². The summed E-state index contributed by atoms with van der Waals surface area (Å²) < 4.78 is 12.0. The summed E-state index contributed by atoms with van der Waals surface area (Å²) in [4.78, 5) is 41.5. The summed E-state index contributed by atoms with van der Waals surface area (Å²) in [5.41, 5.74) is -1.22. The Balaban J connectivity index is 1.35. The number of carbonyl (C=O) groups excluding carboxylic acids is 2. The molecule has 1 saturated carbocycles. The Kier molecular flexibility index (Phi) is 13.4. The first kappa shape index (κ1) is 40.3. The Morgan fingerprint density at radius 1 is 0.704 bits per heavy atom. The minimum absolute atomic E-state index is 0.110. The van der Waals surface area contributed by atoms with Crippen molar-refractivity contribution in [2.45, 2.75) is 97.3 Å². The van der Waals surface area contributed by atoms with Gasteiger partial charge in [0.1, 0.15) is 23.9 Å². The van der Waals surface area contributed by atoms with Crippen molar-refractivity contribution in [2.24, 2.45) is 22.7 Å². The lowest BCUT2D eigenvalue weighted by molar-refractivity contribution is -0.0461. The zero-order valence-electron chi connectivity index (χ0n) is 32.1. The van der Waals surface area contributed by atoms with Crippen LogP contribution in [0.5, 0.6) is 0 Å². The third-order valence-corrected chi connectivity index (χ3v) is 10.4. The van der Waals surface area contributed by atoms with Crippen LogP contribution >= 0.6 is 0 Å². The fourth-order valence-corrected chi connectivity index (χ4v) is 6.29. The van der Waals surface area contributed by atoms with Crippen molar-refractivity contribution < 1.29 is 29.3 Å². The van der Waals surface area contributed by atoms with Gasteiger partial charge in [-0.05, 0) is 44.3 Å². The van der Waals surface area contributed by atoms with E-state index in [4.69, 9.17) is 9.47 Å². The smallest absolute Gasteiger partial charge is 0.358 e. The highest BCUT2D eigenvalue weighted by Gasteiger charge is 2.40. The van der Waals surface area contributed by atoms with Crippen molar-refractivity contribution in [3.05, 3.63) is 120 Å². The van der Waals surface area contributed by atoms with E-state index in [0.717, 1.165) is 6.42 Å². The molecule has 2 aliphatic heterocycles.